The lowest BCUT2D eigenvalue weighted by atomic mass is 10.9. The van der Waals surface area contributed by atoms with E-state index in [9.17, 15) is 0 Å². The quantitative estimate of drug-likeness (QED) is 0.644. The summed E-state index contributed by atoms with van der Waals surface area (Å²) in [7, 11) is 0. The monoisotopic (exact) mass is 284 g/mol. The third-order valence-corrected chi connectivity index (χ3v) is 8.53. The molecular formula is C7H8S6. The van der Waals surface area contributed by atoms with Gasteiger partial charge in [-0.15, -0.1) is 46.2 Å². The van der Waals surface area contributed by atoms with Crippen molar-refractivity contribution < 1.29 is 0 Å². The molecule has 72 valence electrons. The number of hydrogen-bond donors (Lipinski definition) is 0. The highest BCUT2D eigenvalue weighted by molar-refractivity contribution is 8.08. The maximum atomic E-state index is 5.21. The molecule has 0 fully saturated rings. The molecule has 0 saturated heterocycles. The molecular weight excluding hydrogens is 276 g/mol. The van der Waals surface area contributed by atoms with Gasteiger partial charge in [-0.1, -0.05) is 12.2 Å². The fourth-order valence-electron chi connectivity index (χ4n) is 0.921. The van der Waals surface area contributed by atoms with Crippen molar-refractivity contribution in [3.63, 3.8) is 0 Å². The SMILES string of the molecule is S=c1sc2c(s1)SCCSCCS2. The van der Waals surface area contributed by atoms with E-state index in [1.807, 2.05) is 23.5 Å². The van der Waals surface area contributed by atoms with Crippen molar-refractivity contribution in [1.29, 1.82) is 0 Å². The van der Waals surface area contributed by atoms with Gasteiger partial charge in [0.05, 0.1) is 8.42 Å². The van der Waals surface area contributed by atoms with Crippen LogP contribution in [0.15, 0.2) is 8.42 Å². The second-order valence-electron chi connectivity index (χ2n) is 2.34. The van der Waals surface area contributed by atoms with Crippen LogP contribution in [0.25, 0.3) is 0 Å². The summed E-state index contributed by atoms with van der Waals surface area (Å²) in [4.78, 5) is 0. The lowest BCUT2D eigenvalue weighted by Crippen LogP contribution is -1.85. The average molecular weight is 285 g/mol. The molecule has 1 aliphatic heterocycles. The van der Waals surface area contributed by atoms with E-state index in [-0.39, 0.29) is 0 Å². The van der Waals surface area contributed by atoms with Crippen LogP contribution in [-0.4, -0.2) is 23.0 Å². The van der Waals surface area contributed by atoms with E-state index >= 15 is 0 Å². The molecule has 0 bridgehead atoms. The normalized spacial score (nSPS) is 18.5. The minimum atomic E-state index is 1.08. The molecule has 0 saturated carbocycles. The van der Waals surface area contributed by atoms with Gasteiger partial charge in [-0.2, -0.15) is 11.8 Å². The van der Waals surface area contributed by atoms with Crippen LogP contribution in [0.2, 0.25) is 0 Å². The summed E-state index contributed by atoms with van der Waals surface area (Å²) in [6.07, 6.45) is 0. The van der Waals surface area contributed by atoms with Gasteiger partial charge in [0.2, 0.25) is 0 Å². The van der Waals surface area contributed by atoms with Gasteiger partial charge in [0, 0.05) is 23.0 Å². The Morgan fingerprint density at radius 3 is 1.92 bits per heavy atom. The second kappa shape index (κ2) is 5.42. The summed E-state index contributed by atoms with van der Waals surface area (Å²) in [5.74, 6) is 5.03. The fourth-order valence-corrected chi connectivity index (χ4v) is 8.29. The van der Waals surface area contributed by atoms with Crippen LogP contribution >= 0.6 is 70.2 Å². The van der Waals surface area contributed by atoms with Crippen molar-refractivity contribution in [2.24, 2.45) is 0 Å². The molecule has 0 radical (unpaired) electrons. The van der Waals surface area contributed by atoms with Gasteiger partial charge in [-0.3, -0.25) is 0 Å². The molecule has 0 aliphatic carbocycles. The first-order valence-electron chi connectivity index (χ1n) is 3.83. The zero-order valence-electron chi connectivity index (χ0n) is 6.78. The molecule has 1 aliphatic rings. The molecule has 2 heterocycles. The zero-order chi connectivity index (χ0) is 9.10. The van der Waals surface area contributed by atoms with Gasteiger partial charge in [0.1, 0.15) is 3.14 Å². The van der Waals surface area contributed by atoms with Crippen molar-refractivity contribution in [3.05, 3.63) is 3.14 Å². The summed E-state index contributed by atoms with van der Waals surface area (Å²) in [5.41, 5.74) is 0. The van der Waals surface area contributed by atoms with Gasteiger partial charge >= 0.3 is 0 Å². The molecule has 0 amide bonds. The highest BCUT2D eigenvalue weighted by Gasteiger charge is 2.10. The molecule has 13 heavy (non-hydrogen) atoms. The van der Waals surface area contributed by atoms with Crippen molar-refractivity contribution >= 4 is 70.2 Å². The Morgan fingerprint density at radius 2 is 1.38 bits per heavy atom. The third kappa shape index (κ3) is 3.14. The van der Waals surface area contributed by atoms with E-state index < -0.39 is 0 Å². The van der Waals surface area contributed by atoms with Crippen molar-refractivity contribution in [3.8, 4) is 0 Å². The van der Waals surface area contributed by atoms with Crippen LogP contribution < -0.4 is 0 Å². The van der Waals surface area contributed by atoms with Gasteiger partial charge in [-0.25, -0.2) is 0 Å². The summed E-state index contributed by atoms with van der Waals surface area (Å²) < 4.78 is 4.00. The molecule has 0 N–H and O–H groups in total. The third-order valence-electron chi connectivity index (χ3n) is 1.44. The predicted molar refractivity (Wildman–Crippen MR) is 71.8 cm³/mol. The van der Waals surface area contributed by atoms with Crippen LogP contribution in [0.3, 0.4) is 0 Å². The van der Waals surface area contributed by atoms with Crippen LogP contribution in [0.4, 0.5) is 0 Å². The Balaban J connectivity index is 2.21. The molecule has 0 spiro atoms. The molecule has 1 aromatic heterocycles. The largest absolute Gasteiger partial charge is 0.160 e. The number of thioether (sulfide) groups is 3. The van der Waals surface area contributed by atoms with Crippen molar-refractivity contribution in [2.45, 2.75) is 8.42 Å². The first-order valence-corrected chi connectivity index (χ1v) is 9.00. The average Bonchev–Trinajstić information content (AvgIpc) is 2.46. The number of hydrogen-bond acceptors (Lipinski definition) is 6. The maximum Gasteiger partial charge on any atom is 0.145 e. The van der Waals surface area contributed by atoms with Crippen LogP contribution in [0, 0.1) is 3.14 Å². The lowest BCUT2D eigenvalue weighted by molar-refractivity contribution is 1.48. The van der Waals surface area contributed by atoms with Crippen molar-refractivity contribution in [1.82, 2.24) is 0 Å². The standard InChI is InChI=1S/C7H8S6/c8-7-12-5-6(13-7)11-4-2-9-1-3-10-5/h1-4H2. The highest BCUT2D eigenvalue weighted by atomic mass is 32.2. The molecule has 0 aromatic carbocycles. The number of fused-ring (bicyclic) bond motifs is 1. The Morgan fingerprint density at radius 1 is 0.846 bits per heavy atom. The van der Waals surface area contributed by atoms with E-state index in [0.717, 1.165) is 3.14 Å². The lowest BCUT2D eigenvalue weighted by Gasteiger charge is -1.96. The highest BCUT2D eigenvalue weighted by Crippen LogP contribution is 2.41. The Labute approximate surface area is 104 Å². The Bertz CT molecular complexity index is 295. The first-order chi connectivity index (χ1) is 6.36. The topological polar surface area (TPSA) is 0 Å². The Hall–Kier alpha value is 1.32. The summed E-state index contributed by atoms with van der Waals surface area (Å²) >= 11 is 14.8. The van der Waals surface area contributed by atoms with Gasteiger partial charge < -0.3 is 0 Å². The van der Waals surface area contributed by atoms with E-state index in [0.29, 0.717) is 0 Å². The Kier molecular flexibility index (Phi) is 4.51. The van der Waals surface area contributed by atoms with Gasteiger partial charge in [0.25, 0.3) is 0 Å². The van der Waals surface area contributed by atoms with E-state index in [1.165, 1.54) is 31.4 Å². The smallest absolute Gasteiger partial charge is 0.145 e. The molecule has 2 rings (SSSR count). The first kappa shape index (κ1) is 10.8. The molecule has 0 atom stereocenters. The number of rotatable bonds is 0. The summed E-state index contributed by atoms with van der Waals surface area (Å²) in [6, 6.07) is 0. The molecule has 0 unspecified atom stereocenters. The minimum Gasteiger partial charge on any atom is -0.160 e. The zero-order valence-corrected chi connectivity index (χ0v) is 11.7. The summed E-state index contributed by atoms with van der Waals surface area (Å²) in [6.45, 7) is 0. The predicted octanol–water partition coefficient (Wildman–Crippen LogP) is 4.47. The van der Waals surface area contributed by atoms with Gasteiger partial charge in [-0.05, 0) is 0 Å². The van der Waals surface area contributed by atoms with E-state index in [4.69, 9.17) is 12.2 Å². The second-order valence-corrected chi connectivity index (χ2v) is 9.52. The van der Waals surface area contributed by atoms with Gasteiger partial charge in [0.15, 0.2) is 0 Å². The molecule has 0 nitrogen and oxygen atoms in total. The van der Waals surface area contributed by atoms with E-state index in [1.54, 1.807) is 22.7 Å². The van der Waals surface area contributed by atoms with Crippen LogP contribution in [0.1, 0.15) is 0 Å². The maximum absolute atomic E-state index is 5.21. The van der Waals surface area contributed by atoms with Crippen LogP contribution in [0.5, 0.6) is 0 Å². The minimum absolute atomic E-state index is 1.08. The van der Waals surface area contributed by atoms with Crippen molar-refractivity contribution in [2.75, 3.05) is 23.0 Å². The molecule has 1 aromatic rings. The molecule has 6 heteroatoms. The van der Waals surface area contributed by atoms with E-state index in [2.05, 4.69) is 11.8 Å². The summed E-state index contributed by atoms with van der Waals surface area (Å²) in [5, 5.41) is 0. The fraction of sp³-hybridized carbons (Fsp3) is 0.571. The van der Waals surface area contributed by atoms with Crippen LogP contribution in [-0.2, 0) is 0 Å².